The number of benzene rings is 1. The molecule has 2 atom stereocenters. The number of carboxylic acids is 1. The van der Waals surface area contributed by atoms with E-state index in [9.17, 15) is 14.7 Å². The van der Waals surface area contributed by atoms with Gasteiger partial charge in [0.05, 0.1) is 0 Å². The average molecular weight is 275 g/mol. The van der Waals surface area contributed by atoms with E-state index in [2.05, 4.69) is 0 Å². The van der Waals surface area contributed by atoms with Gasteiger partial charge in [0.15, 0.2) is 0 Å². The Labute approximate surface area is 117 Å². The number of fused-ring (bicyclic) bond motifs is 1. The van der Waals surface area contributed by atoms with Crippen LogP contribution in [0, 0.1) is 0 Å². The third-order valence-electron chi connectivity index (χ3n) is 4.07. The average Bonchev–Trinajstić information content (AvgIpc) is 2.90. The number of hydrogen-bond donors (Lipinski definition) is 1. The molecule has 3 rings (SSSR count). The van der Waals surface area contributed by atoms with Crippen molar-refractivity contribution in [1.82, 2.24) is 4.90 Å². The predicted octanol–water partition coefficient (Wildman–Crippen LogP) is 1.63. The van der Waals surface area contributed by atoms with E-state index in [0.717, 1.165) is 24.2 Å². The van der Waals surface area contributed by atoms with Crippen molar-refractivity contribution in [2.75, 3.05) is 13.2 Å². The Hall–Kier alpha value is -2.04. The highest BCUT2D eigenvalue weighted by Gasteiger charge is 2.39. The molecule has 0 aliphatic carbocycles. The quantitative estimate of drug-likeness (QED) is 0.890. The molecule has 20 heavy (non-hydrogen) atoms. The molecule has 1 fully saturated rings. The number of piperidine rings is 1. The molecule has 0 saturated carbocycles. The standard InChI is InChI=1S/C15H17NO4/c17-14(16-8-4-3-6-12(16)15(18)19)11-9-20-13-7-2-1-5-10(11)13/h1-2,5,7,11-12H,3-4,6,8-9H2,(H,18,19)/t11?,12-/m0/s1. The minimum atomic E-state index is -0.912. The van der Waals surface area contributed by atoms with Gasteiger partial charge in [-0.15, -0.1) is 0 Å². The van der Waals surface area contributed by atoms with E-state index in [1.807, 2.05) is 24.3 Å². The zero-order valence-corrected chi connectivity index (χ0v) is 11.1. The number of carbonyl (C=O) groups excluding carboxylic acids is 1. The SMILES string of the molecule is O=C(O)[C@@H]1CCCCN1C(=O)C1COc2ccccc21. The summed E-state index contributed by atoms with van der Waals surface area (Å²) in [6.07, 6.45) is 2.26. The second kappa shape index (κ2) is 5.15. The van der Waals surface area contributed by atoms with Crippen LogP contribution >= 0.6 is 0 Å². The zero-order valence-electron chi connectivity index (χ0n) is 11.1. The van der Waals surface area contributed by atoms with Crippen molar-refractivity contribution in [3.63, 3.8) is 0 Å². The van der Waals surface area contributed by atoms with E-state index in [-0.39, 0.29) is 11.8 Å². The first-order valence-corrected chi connectivity index (χ1v) is 6.93. The summed E-state index contributed by atoms with van der Waals surface area (Å²) >= 11 is 0. The van der Waals surface area contributed by atoms with Gasteiger partial charge in [-0.25, -0.2) is 4.79 Å². The van der Waals surface area contributed by atoms with Crippen LogP contribution in [0.25, 0.3) is 0 Å². The third-order valence-corrected chi connectivity index (χ3v) is 4.07. The molecular formula is C15H17NO4. The molecule has 5 heteroatoms. The molecule has 0 spiro atoms. The lowest BCUT2D eigenvalue weighted by molar-refractivity contribution is -0.152. The second-order valence-electron chi connectivity index (χ2n) is 5.28. The monoisotopic (exact) mass is 275 g/mol. The van der Waals surface area contributed by atoms with E-state index < -0.39 is 12.0 Å². The van der Waals surface area contributed by atoms with Crippen molar-refractivity contribution in [3.8, 4) is 5.75 Å². The maximum Gasteiger partial charge on any atom is 0.326 e. The predicted molar refractivity (Wildman–Crippen MR) is 71.7 cm³/mol. The van der Waals surface area contributed by atoms with Gasteiger partial charge in [0.2, 0.25) is 5.91 Å². The highest BCUT2D eigenvalue weighted by molar-refractivity contribution is 5.89. The molecule has 2 aliphatic rings. The van der Waals surface area contributed by atoms with Crippen LogP contribution in [0.15, 0.2) is 24.3 Å². The molecule has 1 amide bonds. The zero-order chi connectivity index (χ0) is 14.1. The van der Waals surface area contributed by atoms with Gasteiger partial charge in [-0.05, 0) is 25.3 Å². The normalized spacial score (nSPS) is 24.9. The van der Waals surface area contributed by atoms with Crippen LogP contribution in [0.3, 0.4) is 0 Å². The van der Waals surface area contributed by atoms with Gasteiger partial charge < -0.3 is 14.7 Å². The topological polar surface area (TPSA) is 66.8 Å². The molecule has 1 unspecified atom stereocenters. The highest BCUT2D eigenvalue weighted by atomic mass is 16.5. The van der Waals surface area contributed by atoms with Crippen LogP contribution in [0.1, 0.15) is 30.7 Å². The van der Waals surface area contributed by atoms with Crippen molar-refractivity contribution < 1.29 is 19.4 Å². The Kier molecular flexibility index (Phi) is 3.34. The Morgan fingerprint density at radius 1 is 1.25 bits per heavy atom. The number of nitrogens with zero attached hydrogens (tertiary/aromatic N) is 1. The van der Waals surface area contributed by atoms with Gasteiger partial charge >= 0.3 is 5.97 Å². The van der Waals surface area contributed by atoms with E-state index in [4.69, 9.17) is 4.74 Å². The number of carbonyl (C=O) groups is 2. The first-order valence-electron chi connectivity index (χ1n) is 6.93. The molecule has 1 aromatic carbocycles. The largest absolute Gasteiger partial charge is 0.492 e. The van der Waals surface area contributed by atoms with Gasteiger partial charge in [-0.1, -0.05) is 18.2 Å². The molecule has 5 nitrogen and oxygen atoms in total. The van der Waals surface area contributed by atoms with Crippen LogP contribution in [-0.2, 0) is 9.59 Å². The lowest BCUT2D eigenvalue weighted by Gasteiger charge is -2.34. The fourth-order valence-electron chi connectivity index (χ4n) is 3.02. The molecule has 1 aromatic rings. The van der Waals surface area contributed by atoms with Crippen LogP contribution < -0.4 is 4.74 Å². The lowest BCUT2D eigenvalue weighted by atomic mass is 9.95. The molecule has 1 saturated heterocycles. The van der Waals surface area contributed by atoms with Crippen molar-refractivity contribution in [3.05, 3.63) is 29.8 Å². The second-order valence-corrected chi connectivity index (χ2v) is 5.28. The Morgan fingerprint density at radius 2 is 2.05 bits per heavy atom. The molecule has 0 bridgehead atoms. The summed E-state index contributed by atoms with van der Waals surface area (Å²) in [7, 11) is 0. The number of rotatable bonds is 2. The van der Waals surface area contributed by atoms with Crippen molar-refractivity contribution in [2.45, 2.75) is 31.2 Å². The smallest absolute Gasteiger partial charge is 0.326 e. The Morgan fingerprint density at radius 3 is 2.85 bits per heavy atom. The summed E-state index contributed by atoms with van der Waals surface area (Å²) in [5.74, 6) is -0.673. The molecule has 2 aliphatic heterocycles. The van der Waals surface area contributed by atoms with E-state index in [1.54, 1.807) is 0 Å². The number of ether oxygens (including phenoxy) is 1. The van der Waals surface area contributed by atoms with Gasteiger partial charge in [0.1, 0.15) is 24.3 Å². The molecule has 2 heterocycles. The van der Waals surface area contributed by atoms with E-state index in [0.29, 0.717) is 19.6 Å². The summed E-state index contributed by atoms with van der Waals surface area (Å²) < 4.78 is 5.52. The number of amides is 1. The highest BCUT2D eigenvalue weighted by Crippen LogP contribution is 2.35. The number of likely N-dealkylation sites (tertiary alicyclic amines) is 1. The fraction of sp³-hybridized carbons (Fsp3) is 0.467. The first kappa shape index (κ1) is 13.0. The molecular weight excluding hydrogens is 258 g/mol. The first-order chi connectivity index (χ1) is 9.68. The van der Waals surface area contributed by atoms with Gasteiger partial charge in [-0.3, -0.25) is 4.79 Å². The summed E-state index contributed by atoms with van der Waals surface area (Å²) in [4.78, 5) is 25.5. The molecule has 106 valence electrons. The van der Waals surface area contributed by atoms with Crippen LogP contribution in [0.2, 0.25) is 0 Å². The summed E-state index contributed by atoms with van der Waals surface area (Å²) in [5.41, 5.74) is 0.868. The number of hydrogen-bond acceptors (Lipinski definition) is 3. The third kappa shape index (κ3) is 2.13. The lowest BCUT2D eigenvalue weighted by Crippen LogP contribution is -2.49. The van der Waals surface area contributed by atoms with E-state index in [1.165, 1.54) is 4.90 Å². The molecule has 0 aromatic heterocycles. The minimum absolute atomic E-state index is 0.123. The van der Waals surface area contributed by atoms with Crippen molar-refractivity contribution in [1.29, 1.82) is 0 Å². The Balaban J connectivity index is 1.84. The van der Waals surface area contributed by atoms with Crippen LogP contribution in [0.4, 0.5) is 0 Å². The van der Waals surface area contributed by atoms with Gasteiger partial charge in [0, 0.05) is 12.1 Å². The number of carboxylic acid groups (broad SMARTS) is 1. The van der Waals surface area contributed by atoms with Crippen LogP contribution in [0.5, 0.6) is 5.75 Å². The maximum atomic E-state index is 12.7. The summed E-state index contributed by atoms with van der Waals surface area (Å²) in [5, 5.41) is 9.27. The van der Waals surface area contributed by atoms with Crippen molar-refractivity contribution in [2.24, 2.45) is 0 Å². The fourth-order valence-corrected chi connectivity index (χ4v) is 3.02. The minimum Gasteiger partial charge on any atom is -0.492 e. The number of aliphatic carboxylic acids is 1. The summed E-state index contributed by atoms with van der Waals surface area (Å²) in [6, 6.07) is 6.77. The van der Waals surface area contributed by atoms with E-state index >= 15 is 0 Å². The molecule has 0 radical (unpaired) electrons. The summed E-state index contributed by atoms with van der Waals surface area (Å²) in [6.45, 7) is 0.829. The Bertz CT molecular complexity index is 542. The van der Waals surface area contributed by atoms with Crippen LogP contribution in [-0.4, -0.2) is 41.1 Å². The molecule has 1 N–H and O–H groups in total. The van der Waals surface area contributed by atoms with Gasteiger partial charge in [-0.2, -0.15) is 0 Å². The van der Waals surface area contributed by atoms with Crippen molar-refractivity contribution >= 4 is 11.9 Å². The van der Waals surface area contributed by atoms with Gasteiger partial charge in [0.25, 0.3) is 0 Å². The maximum absolute atomic E-state index is 12.7. The number of para-hydroxylation sites is 1.